The van der Waals surface area contributed by atoms with Crippen LogP contribution in [0.4, 0.5) is 5.82 Å². The van der Waals surface area contributed by atoms with E-state index in [4.69, 9.17) is 9.72 Å². The van der Waals surface area contributed by atoms with Crippen LogP contribution in [0, 0.1) is 22.7 Å². The van der Waals surface area contributed by atoms with Crippen LogP contribution in [-0.4, -0.2) is 65.5 Å². The first kappa shape index (κ1) is 28.5. The van der Waals surface area contributed by atoms with Gasteiger partial charge < -0.3 is 9.64 Å². The summed E-state index contributed by atoms with van der Waals surface area (Å²) in [7, 11) is -4.09. The van der Waals surface area contributed by atoms with Crippen molar-refractivity contribution < 1.29 is 17.9 Å². The number of pyridine rings is 1. The Hall–Kier alpha value is -2.99. The van der Waals surface area contributed by atoms with Crippen LogP contribution in [0.1, 0.15) is 94.8 Å². The molecule has 2 spiro atoms. The molecule has 3 aliphatic carbocycles. The largest absolute Gasteiger partial charge is 0.477 e. The van der Waals surface area contributed by atoms with Crippen molar-refractivity contribution in [1.29, 1.82) is 0 Å². The molecule has 2 aromatic rings. The minimum absolute atomic E-state index is 0.0307. The zero-order chi connectivity index (χ0) is 30.3. The fourth-order valence-electron chi connectivity index (χ4n) is 9.05. The van der Waals surface area contributed by atoms with Crippen molar-refractivity contribution in [2.45, 2.75) is 96.2 Å². The summed E-state index contributed by atoms with van der Waals surface area (Å²) < 4.78 is 36.7. The Kier molecular flexibility index (Phi) is 6.48. The zero-order valence-electron chi connectivity index (χ0n) is 25.7. The first-order valence-corrected chi connectivity index (χ1v) is 17.9. The quantitative estimate of drug-likeness (QED) is 0.509. The fraction of sp³-hybridized carbons (Fsp3) is 0.688. The van der Waals surface area contributed by atoms with Crippen molar-refractivity contribution in [2.75, 3.05) is 24.6 Å². The molecule has 3 aliphatic heterocycles. The number of carbonyl (C=O) groups excluding carboxylic acids is 1. The van der Waals surface area contributed by atoms with E-state index in [9.17, 15) is 13.2 Å². The Balaban J connectivity index is 1.06. The van der Waals surface area contributed by atoms with Crippen molar-refractivity contribution in [3.63, 3.8) is 0 Å². The maximum absolute atomic E-state index is 13.7. The average molecular weight is 622 g/mol. The van der Waals surface area contributed by atoms with E-state index in [0.29, 0.717) is 53.7 Å². The lowest BCUT2D eigenvalue weighted by Crippen LogP contribution is -2.42. The number of rotatable bonds is 5. The van der Waals surface area contributed by atoms with Gasteiger partial charge in [0.2, 0.25) is 5.88 Å². The monoisotopic (exact) mass is 621 g/mol. The van der Waals surface area contributed by atoms with E-state index in [0.717, 1.165) is 51.1 Å². The minimum Gasteiger partial charge on any atom is -0.477 e. The lowest BCUT2D eigenvalue weighted by Gasteiger charge is -2.34. The number of ether oxygens (including phenoxy) is 1. The van der Waals surface area contributed by atoms with E-state index >= 15 is 0 Å². The molecular weight excluding hydrogens is 578 g/mol. The molecule has 4 fully saturated rings. The Morgan fingerprint density at radius 1 is 1.07 bits per heavy atom. The SMILES string of the molecule is CC1(C)C[C@@H]2CCCNC3CCCC(=N3)S(=O)(=O)NC(=O)c3ccc(-n4ccc(OCCC5C6(CC6)C56CC6)n4)nc3N1C2. The summed E-state index contributed by atoms with van der Waals surface area (Å²) in [5.41, 5.74) is 1.30. The van der Waals surface area contributed by atoms with Crippen LogP contribution in [0.3, 0.4) is 0 Å². The first-order chi connectivity index (χ1) is 21.1. The zero-order valence-corrected chi connectivity index (χ0v) is 26.5. The van der Waals surface area contributed by atoms with Crippen molar-refractivity contribution in [1.82, 2.24) is 24.8 Å². The van der Waals surface area contributed by atoms with E-state index in [1.807, 2.05) is 12.3 Å². The summed E-state index contributed by atoms with van der Waals surface area (Å²) in [6.45, 7) is 6.51. The Morgan fingerprint density at radius 3 is 2.64 bits per heavy atom. The molecule has 1 amide bonds. The summed E-state index contributed by atoms with van der Waals surface area (Å²) >= 11 is 0. The number of aromatic nitrogens is 3. The standard InChI is InChI=1S/C32H43N7O4S/c1-30(2)19-21-5-4-16-33-24-6-3-7-27(34-24)44(41,42)37-29(40)22-8-9-25(35-28(22)38(30)20-21)39-17-10-26(36-39)43-18-11-23-31(12-13-31)32(23)14-15-32/h8-10,17,21,23-24,33H,3-7,11-16,18-20H2,1-2H3,(H,37,40)/t21-,24?/m0/s1. The molecule has 11 nitrogen and oxygen atoms in total. The van der Waals surface area contributed by atoms with E-state index in [1.54, 1.807) is 16.8 Å². The van der Waals surface area contributed by atoms with Gasteiger partial charge in [-0.05, 0) is 119 Å². The number of hydrogen-bond donors (Lipinski definition) is 2. The van der Waals surface area contributed by atoms with Crippen molar-refractivity contribution >= 4 is 26.8 Å². The molecule has 0 aromatic carbocycles. The van der Waals surface area contributed by atoms with Crippen molar-refractivity contribution in [2.24, 2.45) is 27.7 Å². The summed E-state index contributed by atoms with van der Waals surface area (Å²) in [4.78, 5) is 25.3. The second-order valence-corrected chi connectivity index (χ2v) is 16.3. The van der Waals surface area contributed by atoms with Gasteiger partial charge in [0.1, 0.15) is 17.0 Å². The number of hydrogen-bond acceptors (Lipinski definition) is 9. The number of anilines is 1. The molecule has 0 radical (unpaired) electrons. The fourth-order valence-corrected chi connectivity index (χ4v) is 10.2. The van der Waals surface area contributed by atoms with Crippen LogP contribution >= 0.6 is 0 Å². The molecule has 1 saturated heterocycles. The van der Waals surface area contributed by atoms with E-state index in [1.165, 1.54) is 25.7 Å². The van der Waals surface area contributed by atoms with E-state index in [2.05, 4.69) is 38.9 Å². The summed E-state index contributed by atoms with van der Waals surface area (Å²) in [6.07, 6.45) is 13.0. The Bertz CT molecular complexity index is 1610. The van der Waals surface area contributed by atoms with Gasteiger partial charge in [0.05, 0.1) is 12.2 Å². The molecule has 8 rings (SSSR count). The molecule has 1 unspecified atom stereocenters. The number of carbonyl (C=O) groups is 1. The van der Waals surface area contributed by atoms with E-state index < -0.39 is 15.9 Å². The summed E-state index contributed by atoms with van der Waals surface area (Å²) in [6, 6.07) is 5.23. The number of aliphatic imine (C=N–C) groups is 1. The van der Waals surface area contributed by atoms with Gasteiger partial charge in [-0.15, -0.1) is 5.10 Å². The van der Waals surface area contributed by atoms with Crippen molar-refractivity contribution in [3.8, 4) is 11.7 Å². The highest BCUT2D eigenvalue weighted by Crippen LogP contribution is 2.93. The van der Waals surface area contributed by atoms with Crippen LogP contribution in [0.2, 0.25) is 0 Å². The summed E-state index contributed by atoms with van der Waals surface area (Å²) in [5.74, 6) is 2.13. The van der Waals surface area contributed by atoms with Gasteiger partial charge in [-0.25, -0.2) is 14.4 Å². The van der Waals surface area contributed by atoms with Crippen LogP contribution in [-0.2, 0) is 10.0 Å². The molecule has 2 aromatic heterocycles. The Labute approximate surface area is 259 Å². The number of nitrogens with one attached hydrogen (secondary N) is 2. The second-order valence-electron chi connectivity index (χ2n) is 14.6. The molecular formula is C32H43N7O4S. The predicted octanol–water partition coefficient (Wildman–Crippen LogP) is 4.18. The number of amides is 1. The molecule has 2 atom stereocenters. The van der Waals surface area contributed by atoms with Gasteiger partial charge in [0, 0.05) is 30.8 Å². The highest BCUT2D eigenvalue weighted by molar-refractivity contribution is 8.05. The molecule has 44 heavy (non-hydrogen) atoms. The smallest absolute Gasteiger partial charge is 0.277 e. The topological polar surface area (TPSA) is 131 Å². The van der Waals surface area contributed by atoms with Crippen molar-refractivity contribution in [3.05, 3.63) is 30.0 Å². The third-order valence-electron chi connectivity index (χ3n) is 11.5. The molecule has 236 valence electrons. The lowest BCUT2D eigenvalue weighted by molar-refractivity contribution is 0.0982. The molecule has 4 bridgehead atoms. The summed E-state index contributed by atoms with van der Waals surface area (Å²) in [5, 5.41) is 8.10. The van der Waals surface area contributed by atoms with Gasteiger partial charge in [-0.1, -0.05) is 0 Å². The van der Waals surface area contributed by atoms with Crippen LogP contribution in [0.15, 0.2) is 29.4 Å². The molecule has 12 heteroatoms. The third kappa shape index (κ3) is 4.74. The van der Waals surface area contributed by atoms with Crippen LogP contribution < -0.4 is 19.7 Å². The molecule has 3 saturated carbocycles. The highest BCUT2D eigenvalue weighted by atomic mass is 32.2. The minimum atomic E-state index is -4.09. The highest BCUT2D eigenvalue weighted by Gasteiger charge is 2.85. The van der Waals surface area contributed by atoms with Crippen LogP contribution in [0.5, 0.6) is 5.88 Å². The third-order valence-corrected chi connectivity index (χ3v) is 12.9. The molecule has 2 N–H and O–H groups in total. The first-order valence-electron chi connectivity index (χ1n) is 16.5. The average Bonchev–Trinajstić information content (AvgIpc) is 3.94. The van der Waals surface area contributed by atoms with Gasteiger partial charge in [-0.2, -0.15) is 8.42 Å². The molecule has 5 heterocycles. The van der Waals surface area contributed by atoms with Gasteiger partial charge >= 0.3 is 0 Å². The normalized spacial score (nSPS) is 29.3. The maximum atomic E-state index is 13.7. The Morgan fingerprint density at radius 2 is 1.86 bits per heavy atom. The second kappa shape index (κ2) is 10.0. The maximum Gasteiger partial charge on any atom is 0.277 e. The van der Waals surface area contributed by atoms with Gasteiger partial charge in [-0.3, -0.25) is 15.1 Å². The van der Waals surface area contributed by atoms with Gasteiger partial charge in [0.25, 0.3) is 15.9 Å². The number of nitrogens with zero attached hydrogens (tertiary/aromatic N) is 5. The number of sulfonamides is 1. The molecule has 6 aliphatic rings. The predicted molar refractivity (Wildman–Crippen MR) is 167 cm³/mol. The van der Waals surface area contributed by atoms with E-state index in [-0.39, 0.29) is 22.3 Å². The number of fused-ring (bicyclic) bond motifs is 6. The van der Waals surface area contributed by atoms with Crippen LogP contribution in [0.25, 0.3) is 5.82 Å². The van der Waals surface area contributed by atoms with Gasteiger partial charge in [0.15, 0.2) is 5.82 Å². The lowest BCUT2D eigenvalue weighted by atomic mass is 9.93.